The number of hydrogen-bond donors (Lipinski definition) is 1. The average Bonchev–Trinajstić information content (AvgIpc) is 2.69. The predicted molar refractivity (Wildman–Crippen MR) is 112 cm³/mol. The van der Waals surface area contributed by atoms with Gasteiger partial charge in [-0.25, -0.2) is 4.79 Å². The highest BCUT2D eigenvalue weighted by Gasteiger charge is 2.54. The molecule has 1 aliphatic carbocycles. The number of ketones is 1. The van der Waals surface area contributed by atoms with Gasteiger partial charge in [-0.2, -0.15) is 0 Å². The SMILES string of the molecule is CCC(C)(C)C(=O)C(CC)(c1ccccc1Cl)C(OC(=O)O)C1=CCCCC1. The summed E-state index contributed by atoms with van der Waals surface area (Å²) in [6.07, 6.45) is 4.43. The molecule has 2 atom stereocenters. The van der Waals surface area contributed by atoms with Crippen molar-refractivity contribution in [3.63, 3.8) is 0 Å². The number of halogens is 1. The summed E-state index contributed by atoms with van der Waals surface area (Å²) in [5.74, 6) is -0.0316. The summed E-state index contributed by atoms with van der Waals surface area (Å²) in [7, 11) is 0. The summed E-state index contributed by atoms with van der Waals surface area (Å²) in [4.78, 5) is 25.7. The molecule has 0 heterocycles. The van der Waals surface area contributed by atoms with Gasteiger partial charge in [-0.1, -0.05) is 63.6 Å². The molecule has 1 aromatic rings. The largest absolute Gasteiger partial charge is 0.506 e. The van der Waals surface area contributed by atoms with E-state index in [0.717, 1.165) is 31.3 Å². The van der Waals surface area contributed by atoms with Crippen LogP contribution in [0.25, 0.3) is 0 Å². The third-order valence-electron chi connectivity index (χ3n) is 6.15. The molecule has 0 saturated heterocycles. The van der Waals surface area contributed by atoms with Crippen molar-refractivity contribution in [1.82, 2.24) is 0 Å². The summed E-state index contributed by atoms with van der Waals surface area (Å²) < 4.78 is 5.49. The van der Waals surface area contributed by atoms with Gasteiger partial charge in [0.05, 0.1) is 5.41 Å². The van der Waals surface area contributed by atoms with Crippen LogP contribution in [0.1, 0.15) is 71.8 Å². The molecule has 0 aliphatic heterocycles. The van der Waals surface area contributed by atoms with Gasteiger partial charge in [0.25, 0.3) is 0 Å². The molecule has 0 amide bonds. The van der Waals surface area contributed by atoms with Gasteiger partial charge < -0.3 is 9.84 Å². The van der Waals surface area contributed by atoms with E-state index in [9.17, 15) is 14.7 Å². The zero-order valence-corrected chi connectivity index (χ0v) is 18.0. The first-order valence-corrected chi connectivity index (χ1v) is 10.5. The number of rotatable bonds is 8. The van der Waals surface area contributed by atoms with Crippen LogP contribution in [0.3, 0.4) is 0 Å². The van der Waals surface area contributed by atoms with E-state index in [1.54, 1.807) is 6.07 Å². The number of carbonyl (C=O) groups excluding carboxylic acids is 1. The first-order chi connectivity index (χ1) is 13.2. The summed E-state index contributed by atoms with van der Waals surface area (Å²) in [5.41, 5.74) is -0.289. The molecule has 0 fully saturated rings. The fourth-order valence-electron chi connectivity index (χ4n) is 4.20. The van der Waals surface area contributed by atoms with Gasteiger partial charge in [0.1, 0.15) is 6.10 Å². The second-order valence-electron chi connectivity index (χ2n) is 8.16. The Balaban J connectivity index is 2.80. The molecule has 2 unspecified atom stereocenters. The second-order valence-corrected chi connectivity index (χ2v) is 8.57. The molecule has 2 rings (SSSR count). The highest BCUT2D eigenvalue weighted by molar-refractivity contribution is 6.31. The van der Waals surface area contributed by atoms with Gasteiger partial charge in [-0.05, 0) is 55.7 Å². The average molecular weight is 407 g/mol. The van der Waals surface area contributed by atoms with Crippen molar-refractivity contribution in [2.75, 3.05) is 0 Å². The number of carboxylic acid groups (broad SMARTS) is 1. The first kappa shape index (κ1) is 22.5. The lowest BCUT2D eigenvalue weighted by molar-refractivity contribution is -0.137. The van der Waals surface area contributed by atoms with Crippen LogP contribution in [-0.4, -0.2) is 23.1 Å². The smallest absolute Gasteiger partial charge is 0.450 e. The van der Waals surface area contributed by atoms with Gasteiger partial charge in [-0.3, -0.25) is 4.79 Å². The van der Waals surface area contributed by atoms with E-state index < -0.39 is 23.1 Å². The summed E-state index contributed by atoms with van der Waals surface area (Å²) in [5, 5.41) is 10.00. The van der Waals surface area contributed by atoms with Crippen molar-refractivity contribution < 1.29 is 19.4 Å². The van der Waals surface area contributed by atoms with Crippen molar-refractivity contribution in [2.24, 2.45) is 5.41 Å². The Bertz CT molecular complexity index is 753. The second kappa shape index (κ2) is 9.13. The monoisotopic (exact) mass is 406 g/mol. The van der Waals surface area contributed by atoms with E-state index in [-0.39, 0.29) is 5.78 Å². The molecule has 5 heteroatoms. The molecule has 0 spiro atoms. The van der Waals surface area contributed by atoms with Crippen LogP contribution in [0.15, 0.2) is 35.9 Å². The van der Waals surface area contributed by atoms with E-state index in [4.69, 9.17) is 16.3 Å². The molecule has 0 saturated carbocycles. The topological polar surface area (TPSA) is 63.6 Å². The van der Waals surface area contributed by atoms with E-state index in [1.165, 1.54) is 0 Å². The lowest BCUT2D eigenvalue weighted by atomic mass is 9.60. The molecule has 4 nitrogen and oxygen atoms in total. The fourth-order valence-corrected chi connectivity index (χ4v) is 4.51. The first-order valence-electron chi connectivity index (χ1n) is 10.1. The highest BCUT2D eigenvalue weighted by atomic mass is 35.5. The molecule has 0 bridgehead atoms. The van der Waals surface area contributed by atoms with Gasteiger partial charge >= 0.3 is 6.16 Å². The maximum absolute atomic E-state index is 14.0. The number of allylic oxidation sites excluding steroid dienone is 1. The van der Waals surface area contributed by atoms with Crippen LogP contribution in [0.5, 0.6) is 0 Å². The maximum atomic E-state index is 14.0. The van der Waals surface area contributed by atoms with Crippen LogP contribution in [0, 0.1) is 5.41 Å². The Hall–Kier alpha value is -1.81. The zero-order chi connectivity index (χ0) is 20.9. The molecule has 1 aliphatic rings. The number of ether oxygens (including phenoxy) is 1. The Morgan fingerprint density at radius 2 is 1.86 bits per heavy atom. The predicted octanol–water partition coefficient (Wildman–Crippen LogP) is 6.56. The van der Waals surface area contributed by atoms with Gasteiger partial charge in [0, 0.05) is 10.4 Å². The Morgan fingerprint density at radius 1 is 1.18 bits per heavy atom. The molecular weight excluding hydrogens is 376 g/mol. The van der Waals surface area contributed by atoms with Crippen molar-refractivity contribution in [1.29, 1.82) is 0 Å². The number of hydrogen-bond acceptors (Lipinski definition) is 3. The lowest BCUT2D eigenvalue weighted by Gasteiger charge is -2.44. The number of benzene rings is 1. The van der Waals surface area contributed by atoms with Crippen molar-refractivity contribution in [3.8, 4) is 0 Å². The molecule has 0 radical (unpaired) electrons. The Kier molecular flexibility index (Phi) is 7.33. The van der Waals surface area contributed by atoms with Crippen molar-refractivity contribution in [2.45, 2.75) is 77.7 Å². The molecular formula is C23H31ClO4. The summed E-state index contributed by atoms with van der Waals surface area (Å²) in [6, 6.07) is 7.23. The van der Waals surface area contributed by atoms with Gasteiger partial charge in [0.15, 0.2) is 5.78 Å². The van der Waals surface area contributed by atoms with Crippen molar-refractivity contribution >= 4 is 23.5 Å². The summed E-state index contributed by atoms with van der Waals surface area (Å²) >= 11 is 6.57. The molecule has 28 heavy (non-hydrogen) atoms. The third kappa shape index (κ3) is 4.27. The Labute approximate surface area is 172 Å². The van der Waals surface area contributed by atoms with E-state index in [1.807, 2.05) is 52.0 Å². The quantitative estimate of drug-likeness (QED) is 0.392. The van der Waals surface area contributed by atoms with E-state index >= 15 is 0 Å². The normalized spacial score (nSPS) is 18.0. The molecule has 0 aromatic heterocycles. The van der Waals surface area contributed by atoms with Crippen LogP contribution >= 0.6 is 11.6 Å². The summed E-state index contributed by atoms with van der Waals surface area (Å²) in [6.45, 7) is 7.69. The third-order valence-corrected chi connectivity index (χ3v) is 6.47. The fraction of sp³-hybridized carbons (Fsp3) is 0.565. The Morgan fingerprint density at radius 3 is 2.36 bits per heavy atom. The highest BCUT2D eigenvalue weighted by Crippen LogP contribution is 2.47. The minimum absolute atomic E-state index is 0.0316. The number of carbonyl (C=O) groups is 2. The van der Waals surface area contributed by atoms with Crippen LogP contribution in [0.2, 0.25) is 5.02 Å². The maximum Gasteiger partial charge on any atom is 0.506 e. The molecule has 1 N–H and O–H groups in total. The van der Waals surface area contributed by atoms with E-state index in [0.29, 0.717) is 23.4 Å². The minimum Gasteiger partial charge on any atom is -0.450 e. The lowest BCUT2D eigenvalue weighted by Crippen LogP contribution is -2.54. The molecule has 154 valence electrons. The standard InChI is InChI=1S/C23H31ClO4/c1-5-22(3,4)20(25)23(6-2,17-14-10-11-15-18(17)24)19(28-21(26)27)16-12-8-7-9-13-16/h10-12,14-15,19H,5-9,13H2,1-4H3,(H,26,27). The number of Topliss-reactive ketones (excluding diaryl/α,β-unsaturated/α-hetero) is 1. The zero-order valence-electron chi connectivity index (χ0n) is 17.3. The van der Waals surface area contributed by atoms with E-state index in [2.05, 4.69) is 0 Å². The minimum atomic E-state index is -1.37. The van der Waals surface area contributed by atoms with Crippen LogP contribution in [0.4, 0.5) is 4.79 Å². The van der Waals surface area contributed by atoms with Gasteiger partial charge in [-0.15, -0.1) is 0 Å². The van der Waals surface area contributed by atoms with Crippen LogP contribution < -0.4 is 0 Å². The van der Waals surface area contributed by atoms with Crippen molar-refractivity contribution in [3.05, 3.63) is 46.5 Å². The van der Waals surface area contributed by atoms with Crippen LogP contribution in [-0.2, 0) is 14.9 Å². The molecule has 1 aromatic carbocycles. The van der Waals surface area contributed by atoms with Gasteiger partial charge in [0.2, 0.25) is 0 Å².